The average molecular weight is 860 g/mol. The van der Waals surface area contributed by atoms with Gasteiger partial charge in [0.25, 0.3) is 0 Å². The highest BCUT2D eigenvalue weighted by atomic mass is 16.5. The first-order chi connectivity index (χ1) is 30.9. The van der Waals surface area contributed by atoms with E-state index in [9.17, 15) is 30.3 Å². The molecule has 0 bridgehead atoms. The van der Waals surface area contributed by atoms with Crippen molar-refractivity contribution < 1.29 is 39.5 Å². The first-order valence-corrected chi connectivity index (χ1v) is 20.8. The van der Waals surface area contributed by atoms with Gasteiger partial charge in [-0.05, 0) is 125 Å². The lowest BCUT2D eigenvalue weighted by Crippen LogP contribution is -2.28. The van der Waals surface area contributed by atoms with Crippen LogP contribution in [-0.2, 0) is 35.8 Å². The van der Waals surface area contributed by atoms with Crippen LogP contribution in [0.15, 0.2) is 110 Å². The number of hydrogen-bond acceptors (Lipinski definition) is 11. The summed E-state index contributed by atoms with van der Waals surface area (Å²) in [6.45, 7) is 5.14. The van der Waals surface area contributed by atoms with Crippen molar-refractivity contribution >= 4 is 11.9 Å². The monoisotopic (exact) mass is 859 g/mol. The Morgan fingerprint density at radius 2 is 1.14 bits per heavy atom. The minimum absolute atomic E-state index is 0.0904. The zero-order valence-electron chi connectivity index (χ0n) is 35.6. The Morgan fingerprint density at radius 1 is 0.641 bits per heavy atom. The lowest BCUT2D eigenvalue weighted by atomic mass is 9.91. The van der Waals surface area contributed by atoms with Crippen molar-refractivity contribution in [2.24, 2.45) is 0 Å². The van der Waals surface area contributed by atoms with Gasteiger partial charge >= 0.3 is 11.9 Å². The molecule has 5 N–H and O–H groups in total. The molecular formula is C51H49N5O8. The van der Waals surface area contributed by atoms with Crippen LogP contribution in [0.2, 0.25) is 0 Å². The van der Waals surface area contributed by atoms with E-state index in [0.717, 1.165) is 61.2 Å². The van der Waals surface area contributed by atoms with Gasteiger partial charge in [-0.15, -0.1) is 0 Å². The molecule has 0 aliphatic carbocycles. The van der Waals surface area contributed by atoms with Gasteiger partial charge in [0, 0.05) is 49.0 Å². The third-order valence-corrected chi connectivity index (χ3v) is 11.0. The van der Waals surface area contributed by atoms with Crippen molar-refractivity contribution in [2.75, 3.05) is 6.54 Å². The van der Waals surface area contributed by atoms with Gasteiger partial charge in [-0.1, -0.05) is 48.5 Å². The zero-order chi connectivity index (χ0) is 45.6. The lowest BCUT2D eigenvalue weighted by Gasteiger charge is -2.18. The summed E-state index contributed by atoms with van der Waals surface area (Å²) < 4.78 is 12.8. The highest BCUT2D eigenvalue weighted by Crippen LogP contribution is 2.34. The second kappa shape index (κ2) is 22.1. The number of hydrogen-bond donors (Lipinski definition) is 5. The Bertz CT molecular complexity index is 2520. The SMILES string of the molecule is Cc1c(COc2ccc(CCC[C@@H](O)CC(=O)O)c(-c3cncc(C#N)c3)c2)cccc1-c1cccc(COc2ccc(CNC[C@@H](O)CC(=O)O)c(-c3cncc(C#N)c3)c2)c1C. The number of aliphatic hydroxyl groups excluding tert-OH is 2. The molecule has 13 heteroatoms. The Hall–Kier alpha value is -7.42. The van der Waals surface area contributed by atoms with Crippen molar-refractivity contribution in [3.05, 3.63) is 154 Å². The average Bonchev–Trinajstić information content (AvgIpc) is 3.28. The smallest absolute Gasteiger partial charge is 0.306 e. The molecule has 2 aromatic heterocycles. The van der Waals surface area contributed by atoms with E-state index in [1.54, 1.807) is 24.5 Å². The first-order valence-electron chi connectivity index (χ1n) is 20.8. The number of ether oxygens (including phenoxy) is 2. The summed E-state index contributed by atoms with van der Waals surface area (Å²) >= 11 is 0. The van der Waals surface area contributed by atoms with E-state index in [0.29, 0.717) is 60.6 Å². The summed E-state index contributed by atoms with van der Waals surface area (Å²) in [7, 11) is 0. The Labute approximate surface area is 371 Å². The molecule has 6 aromatic rings. The predicted octanol–water partition coefficient (Wildman–Crippen LogP) is 8.08. The topological polar surface area (TPSA) is 219 Å². The van der Waals surface area contributed by atoms with Crippen molar-refractivity contribution in [2.45, 2.75) is 77.9 Å². The van der Waals surface area contributed by atoms with Crippen LogP contribution in [0.25, 0.3) is 33.4 Å². The number of benzene rings is 4. The van der Waals surface area contributed by atoms with Gasteiger partial charge in [-0.2, -0.15) is 10.5 Å². The molecule has 0 saturated carbocycles. The summed E-state index contributed by atoms with van der Waals surface area (Å²) in [4.78, 5) is 30.5. The molecule has 0 amide bonds. The highest BCUT2D eigenvalue weighted by Gasteiger charge is 2.17. The van der Waals surface area contributed by atoms with Crippen LogP contribution in [0, 0.1) is 36.5 Å². The molecule has 0 fully saturated rings. The molecule has 2 atom stereocenters. The molecule has 0 aliphatic heterocycles. The Kier molecular flexibility index (Phi) is 15.9. The van der Waals surface area contributed by atoms with E-state index < -0.39 is 24.1 Å². The van der Waals surface area contributed by atoms with E-state index in [1.807, 2.05) is 60.7 Å². The zero-order valence-corrected chi connectivity index (χ0v) is 35.6. The molecule has 0 aliphatic rings. The minimum atomic E-state index is -1.08. The largest absolute Gasteiger partial charge is 0.489 e. The van der Waals surface area contributed by atoms with Crippen LogP contribution in [0.4, 0.5) is 0 Å². The Morgan fingerprint density at radius 3 is 1.66 bits per heavy atom. The quantitative estimate of drug-likeness (QED) is 0.0463. The number of nitriles is 2. The van der Waals surface area contributed by atoms with Gasteiger partial charge in [0.15, 0.2) is 0 Å². The molecule has 64 heavy (non-hydrogen) atoms. The third kappa shape index (κ3) is 12.4. The molecular weight excluding hydrogens is 811 g/mol. The van der Waals surface area contributed by atoms with Crippen molar-refractivity contribution in [1.29, 1.82) is 10.5 Å². The van der Waals surface area contributed by atoms with Crippen LogP contribution in [-0.4, -0.2) is 61.1 Å². The van der Waals surface area contributed by atoms with Gasteiger partial charge in [0.2, 0.25) is 0 Å². The van der Waals surface area contributed by atoms with Gasteiger partial charge in [0.05, 0.1) is 36.2 Å². The molecule has 0 saturated heterocycles. The second-order valence-corrected chi connectivity index (χ2v) is 15.6. The standard InChI is InChI=1S/C51H49N5O8/c1-32-38(30-63-44-14-12-36(6-3-9-42(57)18-50(59)60)48(20-44)40-16-34(22-52)24-54-27-40)7-4-10-46(32)47-11-5-8-39(33(47)2)31-64-45-15-13-37(26-56-29-43(58)19-51(61)62)49(21-45)41-17-35(23-53)25-55-28-41/h4-5,7-8,10-17,20-21,24-25,27-28,42-43,56-58H,3,6,9,18-19,26,29-31H2,1-2H3,(H,59,60)(H,61,62)/t42-,43+/m1/s1. The molecule has 0 unspecified atom stereocenters. The van der Waals surface area contributed by atoms with E-state index in [2.05, 4.69) is 53.4 Å². The number of aliphatic hydroxyl groups is 2. The fourth-order valence-corrected chi connectivity index (χ4v) is 7.56. The van der Waals surface area contributed by atoms with Crippen LogP contribution in [0.3, 0.4) is 0 Å². The molecule has 0 spiro atoms. The van der Waals surface area contributed by atoms with Gasteiger partial charge < -0.3 is 35.2 Å². The van der Waals surface area contributed by atoms with E-state index in [4.69, 9.17) is 19.7 Å². The Balaban J connectivity index is 1.18. The third-order valence-electron chi connectivity index (χ3n) is 11.0. The number of carbonyl (C=O) groups is 2. The molecule has 13 nitrogen and oxygen atoms in total. The van der Waals surface area contributed by atoms with Gasteiger partial charge in [-0.3, -0.25) is 19.6 Å². The number of aromatic nitrogens is 2. The number of pyridine rings is 2. The number of carboxylic acids is 2. The predicted molar refractivity (Wildman–Crippen MR) is 240 cm³/mol. The van der Waals surface area contributed by atoms with E-state index in [-0.39, 0.29) is 26.0 Å². The number of nitrogens with zero attached hydrogens (tertiary/aromatic N) is 4. The van der Waals surface area contributed by atoms with E-state index >= 15 is 0 Å². The summed E-state index contributed by atoms with van der Waals surface area (Å²) in [5, 5.41) is 60.4. The van der Waals surface area contributed by atoms with Gasteiger partial charge in [-0.25, -0.2) is 0 Å². The first kappa shape index (κ1) is 46.1. The minimum Gasteiger partial charge on any atom is -0.489 e. The summed E-state index contributed by atoms with van der Waals surface area (Å²) in [6, 6.07) is 31.5. The fourth-order valence-electron chi connectivity index (χ4n) is 7.56. The summed E-state index contributed by atoms with van der Waals surface area (Å²) in [5.41, 5.74) is 11.9. The number of aryl methyl sites for hydroxylation is 1. The maximum atomic E-state index is 11.0. The maximum Gasteiger partial charge on any atom is 0.306 e. The van der Waals surface area contributed by atoms with E-state index in [1.165, 1.54) is 12.4 Å². The number of aliphatic carboxylic acids is 2. The van der Waals surface area contributed by atoms with Crippen LogP contribution in [0.1, 0.15) is 70.2 Å². The molecule has 2 heterocycles. The normalized spacial score (nSPS) is 11.8. The van der Waals surface area contributed by atoms with Crippen molar-refractivity contribution in [3.8, 4) is 57.0 Å². The summed E-state index contributed by atoms with van der Waals surface area (Å²) in [6.07, 6.45) is 5.21. The fraction of sp³-hybridized carbons (Fsp3) is 0.255. The highest BCUT2D eigenvalue weighted by molar-refractivity contribution is 5.74. The molecule has 4 aromatic carbocycles. The van der Waals surface area contributed by atoms with Crippen molar-refractivity contribution in [3.63, 3.8) is 0 Å². The van der Waals surface area contributed by atoms with Gasteiger partial charge in [0.1, 0.15) is 36.9 Å². The number of carboxylic acid groups (broad SMARTS) is 2. The van der Waals surface area contributed by atoms with Crippen LogP contribution in [0.5, 0.6) is 11.5 Å². The maximum absolute atomic E-state index is 11.0. The lowest BCUT2D eigenvalue weighted by molar-refractivity contribution is -0.140. The molecule has 6 rings (SSSR count). The van der Waals surface area contributed by atoms with Crippen LogP contribution < -0.4 is 14.8 Å². The number of nitrogens with one attached hydrogen (secondary N) is 1. The molecule has 326 valence electrons. The number of rotatable bonds is 21. The molecule has 0 radical (unpaired) electrons. The van der Waals surface area contributed by atoms with Crippen LogP contribution >= 0.6 is 0 Å². The van der Waals surface area contributed by atoms with Crippen molar-refractivity contribution in [1.82, 2.24) is 15.3 Å². The summed E-state index contributed by atoms with van der Waals surface area (Å²) in [5.74, 6) is -0.889. The second-order valence-electron chi connectivity index (χ2n) is 15.6.